The van der Waals surface area contributed by atoms with Gasteiger partial charge in [0.25, 0.3) is 0 Å². The highest BCUT2D eigenvalue weighted by atomic mass is 16.5. The second-order valence-corrected chi connectivity index (χ2v) is 7.84. The molecule has 0 aliphatic heterocycles. The van der Waals surface area contributed by atoms with Crippen LogP contribution in [-0.2, 0) is 0 Å². The van der Waals surface area contributed by atoms with Gasteiger partial charge in [-0.15, -0.1) is 0 Å². The van der Waals surface area contributed by atoms with Crippen molar-refractivity contribution in [2.24, 2.45) is 0 Å². The number of phenolic OH excluding ortho intramolecular Hbond substituents is 3. The molecule has 0 saturated heterocycles. The topological polar surface area (TPSA) is 73.2 Å². The van der Waals surface area contributed by atoms with Gasteiger partial charge in [-0.3, -0.25) is 4.90 Å². The van der Waals surface area contributed by atoms with E-state index in [2.05, 4.69) is 0 Å². The molecule has 0 saturated carbocycles. The maximum atomic E-state index is 10.8. The molecule has 0 amide bonds. The van der Waals surface area contributed by atoms with Crippen LogP contribution < -0.4 is 9.64 Å². The van der Waals surface area contributed by atoms with Gasteiger partial charge >= 0.3 is 0 Å². The molecule has 4 aromatic carbocycles. The molecule has 0 aliphatic carbocycles. The summed E-state index contributed by atoms with van der Waals surface area (Å²) in [6.07, 6.45) is 0. The predicted molar refractivity (Wildman–Crippen MR) is 127 cm³/mol. The predicted octanol–water partition coefficient (Wildman–Crippen LogP) is 6.99. The zero-order valence-corrected chi connectivity index (χ0v) is 18.2. The molecule has 0 bridgehead atoms. The Kier molecular flexibility index (Phi) is 5.65. The molecule has 5 nitrogen and oxygen atoms in total. The van der Waals surface area contributed by atoms with E-state index in [4.69, 9.17) is 4.74 Å². The van der Waals surface area contributed by atoms with Gasteiger partial charge in [0, 0.05) is 0 Å². The molecule has 0 aliphatic rings. The first-order chi connectivity index (χ1) is 15.3. The van der Waals surface area contributed by atoms with Crippen molar-refractivity contribution in [3.63, 3.8) is 0 Å². The van der Waals surface area contributed by atoms with Crippen molar-refractivity contribution in [1.29, 1.82) is 0 Å². The Morgan fingerprint density at radius 1 is 0.594 bits per heavy atom. The van der Waals surface area contributed by atoms with Gasteiger partial charge in [0.1, 0.15) is 23.0 Å². The van der Waals surface area contributed by atoms with Crippen LogP contribution in [0.25, 0.3) is 0 Å². The van der Waals surface area contributed by atoms with Crippen molar-refractivity contribution in [3.8, 4) is 28.7 Å². The van der Waals surface area contributed by atoms with Crippen molar-refractivity contribution in [3.05, 3.63) is 95.6 Å². The molecule has 0 spiro atoms. The first-order valence-corrected chi connectivity index (χ1v) is 10.3. The van der Waals surface area contributed by atoms with Crippen LogP contribution in [0.15, 0.2) is 78.9 Å². The lowest BCUT2D eigenvalue weighted by atomic mass is 10.1. The van der Waals surface area contributed by atoms with Crippen molar-refractivity contribution in [2.45, 2.75) is 20.8 Å². The first kappa shape index (κ1) is 21.1. The lowest BCUT2D eigenvalue weighted by Crippen LogP contribution is -2.12. The Balaban J connectivity index is 1.90. The minimum Gasteiger partial charge on any atom is -0.508 e. The van der Waals surface area contributed by atoms with E-state index in [0.717, 1.165) is 16.7 Å². The van der Waals surface area contributed by atoms with Crippen LogP contribution in [-0.4, -0.2) is 15.3 Å². The summed E-state index contributed by atoms with van der Waals surface area (Å²) >= 11 is 0. The summed E-state index contributed by atoms with van der Waals surface area (Å²) in [6.45, 7) is 5.66. The van der Waals surface area contributed by atoms with Crippen molar-refractivity contribution >= 4 is 17.1 Å². The summed E-state index contributed by atoms with van der Waals surface area (Å²) < 4.78 is 6.23. The summed E-state index contributed by atoms with van der Waals surface area (Å²) in [5.74, 6) is 1.46. The number of ether oxygens (including phenoxy) is 1. The standard InChI is InChI=1S/C27H25NO4/c1-17-8-11-21(24(30)14-17)28(22-12-9-18(2)15-25(22)31)23-6-4-5-7-27(23)32-26-13-10-20(29)16-19(26)3/h4-16,29-31H,1-3H3. The van der Waals surface area contributed by atoms with Crippen LogP contribution in [0.2, 0.25) is 0 Å². The van der Waals surface area contributed by atoms with Crippen LogP contribution in [0.1, 0.15) is 16.7 Å². The van der Waals surface area contributed by atoms with E-state index in [-0.39, 0.29) is 17.2 Å². The van der Waals surface area contributed by atoms with Gasteiger partial charge < -0.3 is 20.1 Å². The average molecular weight is 428 g/mol. The van der Waals surface area contributed by atoms with Crippen LogP contribution in [0, 0.1) is 20.8 Å². The van der Waals surface area contributed by atoms with Gasteiger partial charge in [0.2, 0.25) is 0 Å². The van der Waals surface area contributed by atoms with Crippen molar-refractivity contribution < 1.29 is 20.1 Å². The molecule has 0 heterocycles. The van der Waals surface area contributed by atoms with E-state index in [9.17, 15) is 15.3 Å². The number of benzene rings is 4. The molecule has 0 unspecified atom stereocenters. The smallest absolute Gasteiger partial charge is 0.151 e. The fourth-order valence-corrected chi connectivity index (χ4v) is 3.63. The number of nitrogens with zero attached hydrogens (tertiary/aromatic N) is 1. The molecule has 0 aromatic heterocycles. The maximum Gasteiger partial charge on any atom is 0.151 e. The van der Waals surface area contributed by atoms with Gasteiger partial charge in [-0.2, -0.15) is 0 Å². The number of para-hydroxylation sites is 2. The fourth-order valence-electron chi connectivity index (χ4n) is 3.63. The van der Waals surface area contributed by atoms with Gasteiger partial charge in [0.15, 0.2) is 5.75 Å². The molecule has 4 rings (SSSR count). The van der Waals surface area contributed by atoms with E-state index in [1.807, 2.05) is 69.3 Å². The molecule has 0 radical (unpaired) electrons. The Morgan fingerprint density at radius 2 is 1.19 bits per heavy atom. The summed E-state index contributed by atoms with van der Waals surface area (Å²) in [5, 5.41) is 31.3. The lowest BCUT2D eigenvalue weighted by Gasteiger charge is -2.28. The van der Waals surface area contributed by atoms with E-state index in [0.29, 0.717) is 28.6 Å². The number of aromatic hydroxyl groups is 3. The number of rotatable bonds is 5. The van der Waals surface area contributed by atoms with E-state index in [1.165, 1.54) is 0 Å². The van der Waals surface area contributed by atoms with Gasteiger partial charge in [0.05, 0.1) is 17.1 Å². The summed E-state index contributed by atoms with van der Waals surface area (Å²) in [4.78, 5) is 1.77. The third kappa shape index (κ3) is 4.18. The normalized spacial score (nSPS) is 10.7. The lowest BCUT2D eigenvalue weighted by molar-refractivity contribution is 0.460. The third-order valence-electron chi connectivity index (χ3n) is 5.23. The van der Waals surface area contributed by atoms with E-state index < -0.39 is 0 Å². The molecule has 4 aromatic rings. The average Bonchev–Trinajstić information content (AvgIpc) is 2.74. The molecule has 3 N–H and O–H groups in total. The second kappa shape index (κ2) is 8.55. The number of hydrogen-bond donors (Lipinski definition) is 3. The van der Waals surface area contributed by atoms with Crippen molar-refractivity contribution in [2.75, 3.05) is 4.90 Å². The fraction of sp³-hybridized carbons (Fsp3) is 0.111. The monoisotopic (exact) mass is 427 g/mol. The van der Waals surface area contributed by atoms with Crippen molar-refractivity contribution in [1.82, 2.24) is 0 Å². The molecule has 0 atom stereocenters. The molecule has 0 fully saturated rings. The second-order valence-electron chi connectivity index (χ2n) is 7.84. The van der Waals surface area contributed by atoms with Crippen LogP contribution in [0.5, 0.6) is 28.7 Å². The molecule has 32 heavy (non-hydrogen) atoms. The maximum absolute atomic E-state index is 10.8. The Hall–Kier alpha value is -4.12. The Labute approximate surface area is 187 Å². The van der Waals surface area contributed by atoms with Crippen LogP contribution in [0.3, 0.4) is 0 Å². The minimum absolute atomic E-state index is 0.0839. The van der Waals surface area contributed by atoms with Crippen LogP contribution >= 0.6 is 0 Å². The van der Waals surface area contributed by atoms with E-state index in [1.54, 1.807) is 35.2 Å². The Morgan fingerprint density at radius 3 is 1.75 bits per heavy atom. The van der Waals surface area contributed by atoms with Gasteiger partial charge in [-0.05, 0) is 92.1 Å². The summed E-state index contributed by atoms with van der Waals surface area (Å²) in [7, 11) is 0. The van der Waals surface area contributed by atoms with Crippen LogP contribution in [0.4, 0.5) is 17.1 Å². The van der Waals surface area contributed by atoms with Gasteiger partial charge in [-0.25, -0.2) is 0 Å². The highest BCUT2D eigenvalue weighted by Gasteiger charge is 2.22. The third-order valence-corrected chi connectivity index (χ3v) is 5.23. The number of aryl methyl sites for hydroxylation is 3. The number of anilines is 3. The first-order valence-electron chi connectivity index (χ1n) is 10.3. The largest absolute Gasteiger partial charge is 0.508 e. The minimum atomic E-state index is 0.0839. The van der Waals surface area contributed by atoms with E-state index >= 15 is 0 Å². The molecule has 5 heteroatoms. The Bertz CT molecular complexity index is 1230. The molecule has 162 valence electrons. The number of phenols is 3. The summed E-state index contributed by atoms with van der Waals surface area (Å²) in [6, 6.07) is 23.1. The highest BCUT2D eigenvalue weighted by molar-refractivity contribution is 5.85. The zero-order valence-electron chi connectivity index (χ0n) is 18.2. The zero-order chi connectivity index (χ0) is 22.8. The van der Waals surface area contributed by atoms with Gasteiger partial charge in [-0.1, -0.05) is 24.3 Å². The molecular formula is C27H25NO4. The quantitative estimate of drug-likeness (QED) is 0.320. The molecular weight excluding hydrogens is 402 g/mol. The summed E-state index contributed by atoms with van der Waals surface area (Å²) in [5.41, 5.74) is 4.27. The SMILES string of the molecule is Cc1ccc(N(c2ccc(C)cc2O)c2ccccc2Oc2ccc(O)cc2C)c(O)c1. The number of hydrogen-bond acceptors (Lipinski definition) is 5. The highest BCUT2D eigenvalue weighted by Crippen LogP contribution is 2.47.